The summed E-state index contributed by atoms with van der Waals surface area (Å²) in [7, 11) is 1.74. The highest BCUT2D eigenvalue weighted by molar-refractivity contribution is 9.10. The summed E-state index contributed by atoms with van der Waals surface area (Å²) in [4.78, 5) is 23.6. The summed E-state index contributed by atoms with van der Waals surface area (Å²) in [5, 5.41) is 2.79. The van der Waals surface area contributed by atoms with Crippen molar-refractivity contribution in [3.63, 3.8) is 0 Å². The van der Waals surface area contributed by atoms with Crippen LogP contribution in [-0.2, 0) is 16.6 Å². The van der Waals surface area contributed by atoms with E-state index in [4.69, 9.17) is 4.74 Å². The van der Waals surface area contributed by atoms with E-state index in [9.17, 15) is 9.59 Å². The van der Waals surface area contributed by atoms with Crippen LogP contribution in [0.3, 0.4) is 0 Å². The Balaban J connectivity index is 1.84. The Morgan fingerprint density at radius 1 is 1.27 bits per heavy atom. The molecule has 1 atom stereocenters. The van der Waals surface area contributed by atoms with Gasteiger partial charge in [0.25, 0.3) is 5.91 Å². The third-order valence-corrected chi connectivity index (χ3v) is 3.76. The largest absolute Gasteiger partial charge is 0.451 e. The first-order valence-corrected chi connectivity index (χ1v) is 7.60. The van der Waals surface area contributed by atoms with Crippen LogP contribution in [0.1, 0.15) is 29.0 Å². The van der Waals surface area contributed by atoms with Crippen molar-refractivity contribution in [2.24, 2.45) is 7.05 Å². The molecule has 0 bridgehead atoms. The minimum absolute atomic E-state index is 0.158. The molecule has 0 spiro atoms. The van der Waals surface area contributed by atoms with Crippen LogP contribution in [0.5, 0.6) is 0 Å². The molecule has 0 aliphatic heterocycles. The summed E-state index contributed by atoms with van der Waals surface area (Å²) < 4.78 is 7.63. The number of aromatic nitrogens is 1. The number of rotatable bonds is 5. The van der Waals surface area contributed by atoms with Crippen LogP contribution < -0.4 is 5.32 Å². The van der Waals surface area contributed by atoms with Gasteiger partial charge in [0.15, 0.2) is 6.61 Å². The second-order valence-electron chi connectivity index (χ2n) is 4.92. The zero-order valence-corrected chi connectivity index (χ0v) is 14.0. The number of esters is 1. The fraction of sp³-hybridized carbons (Fsp3) is 0.250. The molecule has 0 aliphatic carbocycles. The average molecular weight is 365 g/mol. The summed E-state index contributed by atoms with van der Waals surface area (Å²) in [6, 6.07) is 10.9. The Hall–Kier alpha value is -2.08. The molecule has 0 fully saturated rings. The fourth-order valence-electron chi connectivity index (χ4n) is 2.00. The lowest BCUT2D eigenvalue weighted by Crippen LogP contribution is -2.31. The molecule has 0 saturated carbocycles. The maximum absolute atomic E-state index is 11.8. The topological polar surface area (TPSA) is 60.3 Å². The van der Waals surface area contributed by atoms with Crippen molar-refractivity contribution in [1.29, 1.82) is 0 Å². The maximum atomic E-state index is 11.8. The van der Waals surface area contributed by atoms with Gasteiger partial charge in [-0.15, -0.1) is 0 Å². The van der Waals surface area contributed by atoms with Crippen LogP contribution in [0.2, 0.25) is 0 Å². The number of aryl methyl sites for hydroxylation is 1. The smallest absolute Gasteiger partial charge is 0.355 e. The summed E-state index contributed by atoms with van der Waals surface area (Å²) >= 11 is 3.36. The van der Waals surface area contributed by atoms with Gasteiger partial charge in [-0.2, -0.15) is 0 Å². The number of benzene rings is 1. The molecule has 1 N–H and O–H groups in total. The third-order valence-electron chi connectivity index (χ3n) is 3.23. The lowest BCUT2D eigenvalue weighted by atomic mass is 10.1. The molecule has 5 nitrogen and oxygen atoms in total. The number of carbonyl (C=O) groups excluding carboxylic acids is 2. The molecule has 1 aromatic carbocycles. The SMILES string of the molecule is C[C@@H](NC(=O)COC(=O)c1cccn1C)c1ccc(Br)cc1. The van der Waals surface area contributed by atoms with Crippen molar-refractivity contribution < 1.29 is 14.3 Å². The van der Waals surface area contributed by atoms with E-state index < -0.39 is 5.97 Å². The van der Waals surface area contributed by atoms with Gasteiger partial charge in [-0.3, -0.25) is 4.79 Å². The standard InChI is InChI=1S/C16H17BrN2O3/c1-11(12-5-7-13(17)8-6-12)18-15(20)10-22-16(21)14-4-3-9-19(14)2/h3-9,11H,10H2,1-2H3,(H,18,20)/t11-/m1/s1. The first-order chi connectivity index (χ1) is 10.5. The molecule has 22 heavy (non-hydrogen) atoms. The van der Waals surface area contributed by atoms with Crippen LogP contribution in [-0.4, -0.2) is 23.1 Å². The summed E-state index contributed by atoms with van der Waals surface area (Å²) in [5.41, 5.74) is 1.39. The van der Waals surface area contributed by atoms with E-state index in [1.54, 1.807) is 29.9 Å². The number of carbonyl (C=O) groups is 2. The second kappa shape index (κ2) is 7.26. The first-order valence-electron chi connectivity index (χ1n) is 6.80. The second-order valence-corrected chi connectivity index (χ2v) is 5.84. The Labute approximate surface area is 137 Å². The molecule has 6 heteroatoms. The van der Waals surface area contributed by atoms with Gasteiger partial charge in [0, 0.05) is 17.7 Å². The number of hydrogen-bond donors (Lipinski definition) is 1. The normalized spacial score (nSPS) is 11.8. The maximum Gasteiger partial charge on any atom is 0.355 e. The van der Waals surface area contributed by atoms with Gasteiger partial charge in [-0.25, -0.2) is 4.79 Å². The molecule has 0 unspecified atom stereocenters. The van der Waals surface area contributed by atoms with Crippen LogP contribution in [0.25, 0.3) is 0 Å². The summed E-state index contributed by atoms with van der Waals surface area (Å²) in [6.45, 7) is 1.57. The predicted molar refractivity (Wildman–Crippen MR) is 86.4 cm³/mol. The minimum Gasteiger partial charge on any atom is -0.451 e. The van der Waals surface area contributed by atoms with Crippen molar-refractivity contribution in [2.75, 3.05) is 6.61 Å². The minimum atomic E-state index is -0.515. The number of nitrogens with zero attached hydrogens (tertiary/aromatic N) is 1. The zero-order chi connectivity index (χ0) is 16.1. The highest BCUT2D eigenvalue weighted by Gasteiger charge is 2.14. The zero-order valence-electron chi connectivity index (χ0n) is 12.4. The number of halogens is 1. The van der Waals surface area contributed by atoms with Gasteiger partial charge >= 0.3 is 5.97 Å². The van der Waals surface area contributed by atoms with E-state index in [-0.39, 0.29) is 18.6 Å². The number of amides is 1. The Bertz CT molecular complexity index is 664. The summed E-state index contributed by atoms with van der Waals surface area (Å²) in [6.07, 6.45) is 1.74. The van der Waals surface area contributed by atoms with Crippen LogP contribution in [0.4, 0.5) is 0 Å². The molecule has 116 valence electrons. The molecule has 2 rings (SSSR count). The van der Waals surface area contributed by atoms with Gasteiger partial charge in [-0.1, -0.05) is 28.1 Å². The van der Waals surface area contributed by atoms with E-state index in [0.29, 0.717) is 5.69 Å². The highest BCUT2D eigenvalue weighted by Crippen LogP contribution is 2.16. The highest BCUT2D eigenvalue weighted by atomic mass is 79.9. The van der Waals surface area contributed by atoms with Crippen molar-refractivity contribution in [3.8, 4) is 0 Å². The van der Waals surface area contributed by atoms with Gasteiger partial charge in [-0.05, 0) is 36.8 Å². The van der Waals surface area contributed by atoms with Gasteiger partial charge in [0.2, 0.25) is 0 Å². The molecular weight excluding hydrogens is 348 g/mol. The van der Waals surface area contributed by atoms with E-state index in [2.05, 4.69) is 21.2 Å². The molecule has 0 aliphatic rings. The lowest BCUT2D eigenvalue weighted by molar-refractivity contribution is -0.124. The van der Waals surface area contributed by atoms with Gasteiger partial charge < -0.3 is 14.6 Å². The Morgan fingerprint density at radius 2 is 1.95 bits per heavy atom. The quantitative estimate of drug-likeness (QED) is 0.829. The van der Waals surface area contributed by atoms with Crippen LogP contribution in [0.15, 0.2) is 47.1 Å². The van der Waals surface area contributed by atoms with Crippen molar-refractivity contribution >= 4 is 27.8 Å². The number of nitrogens with one attached hydrogen (secondary N) is 1. The monoisotopic (exact) mass is 364 g/mol. The van der Waals surface area contributed by atoms with Crippen LogP contribution in [0, 0.1) is 0 Å². The molecular formula is C16H17BrN2O3. The number of hydrogen-bond acceptors (Lipinski definition) is 3. The molecule has 1 aromatic heterocycles. The van der Waals surface area contributed by atoms with E-state index >= 15 is 0 Å². The van der Waals surface area contributed by atoms with E-state index in [1.807, 2.05) is 31.2 Å². The lowest BCUT2D eigenvalue weighted by Gasteiger charge is -2.14. The average Bonchev–Trinajstić information content (AvgIpc) is 2.91. The molecule has 1 heterocycles. The molecule has 0 radical (unpaired) electrons. The fourth-order valence-corrected chi connectivity index (χ4v) is 2.26. The van der Waals surface area contributed by atoms with Gasteiger partial charge in [0.05, 0.1) is 6.04 Å². The van der Waals surface area contributed by atoms with Crippen molar-refractivity contribution in [1.82, 2.24) is 9.88 Å². The molecule has 2 aromatic rings. The molecule has 0 saturated heterocycles. The third kappa shape index (κ3) is 4.21. The Morgan fingerprint density at radius 3 is 2.55 bits per heavy atom. The number of ether oxygens (including phenoxy) is 1. The Kier molecular flexibility index (Phi) is 5.38. The first kappa shape index (κ1) is 16.3. The van der Waals surface area contributed by atoms with Crippen LogP contribution >= 0.6 is 15.9 Å². The van der Waals surface area contributed by atoms with E-state index in [0.717, 1.165) is 10.0 Å². The molecule has 1 amide bonds. The van der Waals surface area contributed by atoms with Gasteiger partial charge in [0.1, 0.15) is 5.69 Å². The van der Waals surface area contributed by atoms with Crippen molar-refractivity contribution in [3.05, 3.63) is 58.3 Å². The predicted octanol–water partition coefficient (Wildman–Crippen LogP) is 2.82. The summed E-state index contributed by atoms with van der Waals surface area (Å²) in [5.74, 6) is -0.850. The van der Waals surface area contributed by atoms with Crippen molar-refractivity contribution in [2.45, 2.75) is 13.0 Å². The van der Waals surface area contributed by atoms with E-state index in [1.165, 1.54) is 0 Å².